The Bertz CT molecular complexity index is 484. The van der Waals surface area contributed by atoms with Crippen molar-refractivity contribution < 1.29 is 23.8 Å². The highest BCUT2D eigenvalue weighted by Gasteiger charge is 2.15. The second-order valence-corrected chi connectivity index (χ2v) is 4.47. The standard InChI is InChI=1S/C13H16O5S/c1-8(14)9-5-12(19-4)11(16-2)6-10(9)18-7-13(15)17-3/h5-6H,7H2,1-4H3. The minimum atomic E-state index is -0.512. The molecule has 19 heavy (non-hydrogen) atoms. The predicted octanol–water partition coefficient (Wildman–Crippen LogP) is 2.17. The summed E-state index contributed by atoms with van der Waals surface area (Å²) in [5.41, 5.74) is 0.411. The van der Waals surface area contributed by atoms with Crippen LogP contribution in [-0.4, -0.2) is 38.8 Å². The molecule has 5 nitrogen and oxygen atoms in total. The summed E-state index contributed by atoms with van der Waals surface area (Å²) in [7, 11) is 2.81. The summed E-state index contributed by atoms with van der Waals surface area (Å²) in [5, 5.41) is 0. The Morgan fingerprint density at radius 2 is 1.89 bits per heavy atom. The Labute approximate surface area is 116 Å². The molecule has 0 unspecified atom stereocenters. The Hall–Kier alpha value is -1.69. The van der Waals surface area contributed by atoms with Gasteiger partial charge < -0.3 is 14.2 Å². The fourth-order valence-corrected chi connectivity index (χ4v) is 2.03. The summed E-state index contributed by atoms with van der Waals surface area (Å²) in [6.07, 6.45) is 1.89. The van der Waals surface area contributed by atoms with E-state index in [0.717, 1.165) is 4.90 Å². The Morgan fingerprint density at radius 3 is 2.37 bits per heavy atom. The zero-order valence-electron chi connectivity index (χ0n) is 11.3. The molecule has 0 saturated heterocycles. The molecule has 0 saturated carbocycles. The molecule has 0 N–H and O–H groups in total. The van der Waals surface area contributed by atoms with Crippen molar-refractivity contribution in [2.24, 2.45) is 0 Å². The first-order valence-corrected chi connectivity index (χ1v) is 6.72. The average molecular weight is 284 g/mol. The summed E-state index contributed by atoms with van der Waals surface area (Å²) in [6.45, 7) is 1.19. The number of hydrogen-bond donors (Lipinski definition) is 0. The smallest absolute Gasteiger partial charge is 0.343 e. The van der Waals surface area contributed by atoms with Gasteiger partial charge in [0.15, 0.2) is 12.4 Å². The number of carbonyl (C=O) groups is 2. The summed E-state index contributed by atoms with van der Waals surface area (Å²) >= 11 is 1.46. The first-order valence-electron chi connectivity index (χ1n) is 5.50. The summed E-state index contributed by atoms with van der Waals surface area (Å²) in [4.78, 5) is 23.5. The second-order valence-electron chi connectivity index (χ2n) is 3.62. The molecule has 0 amide bonds. The van der Waals surface area contributed by atoms with Crippen LogP contribution in [0.25, 0.3) is 0 Å². The molecule has 1 rings (SSSR count). The van der Waals surface area contributed by atoms with E-state index in [1.165, 1.54) is 32.9 Å². The molecule has 0 fully saturated rings. The molecule has 6 heteroatoms. The Balaban J connectivity index is 3.12. The van der Waals surface area contributed by atoms with E-state index in [0.29, 0.717) is 17.1 Å². The van der Waals surface area contributed by atoms with Gasteiger partial charge >= 0.3 is 5.97 Å². The molecular weight excluding hydrogens is 268 g/mol. The van der Waals surface area contributed by atoms with E-state index in [9.17, 15) is 9.59 Å². The predicted molar refractivity (Wildman–Crippen MR) is 72.3 cm³/mol. The highest BCUT2D eigenvalue weighted by atomic mass is 32.2. The number of ether oxygens (including phenoxy) is 3. The van der Waals surface area contributed by atoms with E-state index in [1.807, 2.05) is 6.26 Å². The van der Waals surface area contributed by atoms with Crippen molar-refractivity contribution in [2.45, 2.75) is 11.8 Å². The van der Waals surface area contributed by atoms with Gasteiger partial charge in [-0.25, -0.2) is 4.79 Å². The van der Waals surface area contributed by atoms with E-state index in [1.54, 1.807) is 12.1 Å². The summed E-state index contributed by atoms with van der Waals surface area (Å²) < 4.78 is 15.0. The van der Waals surface area contributed by atoms with Gasteiger partial charge in [0, 0.05) is 6.07 Å². The molecule has 0 heterocycles. The van der Waals surface area contributed by atoms with Gasteiger partial charge in [-0.2, -0.15) is 0 Å². The maximum atomic E-state index is 11.6. The zero-order valence-corrected chi connectivity index (χ0v) is 12.1. The highest BCUT2D eigenvalue weighted by molar-refractivity contribution is 7.98. The van der Waals surface area contributed by atoms with E-state index < -0.39 is 5.97 Å². The van der Waals surface area contributed by atoms with Crippen LogP contribution in [0.2, 0.25) is 0 Å². The number of esters is 1. The van der Waals surface area contributed by atoms with Gasteiger partial charge in [0.25, 0.3) is 0 Å². The molecule has 1 aromatic rings. The molecular formula is C13H16O5S. The minimum absolute atomic E-state index is 0.141. The van der Waals surface area contributed by atoms with Crippen molar-refractivity contribution in [3.8, 4) is 11.5 Å². The number of hydrogen-bond acceptors (Lipinski definition) is 6. The van der Waals surface area contributed by atoms with Crippen LogP contribution in [0.15, 0.2) is 17.0 Å². The fourth-order valence-electron chi connectivity index (χ4n) is 1.45. The van der Waals surface area contributed by atoms with Gasteiger partial charge in [-0.05, 0) is 19.2 Å². The molecule has 104 valence electrons. The first kappa shape index (κ1) is 15.4. The zero-order chi connectivity index (χ0) is 14.4. The molecule has 1 aromatic carbocycles. The van der Waals surface area contributed by atoms with Gasteiger partial charge in [-0.3, -0.25) is 4.79 Å². The van der Waals surface area contributed by atoms with Crippen molar-refractivity contribution in [2.75, 3.05) is 27.1 Å². The van der Waals surface area contributed by atoms with Crippen molar-refractivity contribution in [1.29, 1.82) is 0 Å². The van der Waals surface area contributed by atoms with E-state index in [4.69, 9.17) is 9.47 Å². The third kappa shape index (κ3) is 3.89. The molecule has 0 aliphatic heterocycles. The van der Waals surface area contributed by atoms with E-state index in [-0.39, 0.29) is 12.4 Å². The van der Waals surface area contributed by atoms with Crippen molar-refractivity contribution in [3.63, 3.8) is 0 Å². The van der Waals surface area contributed by atoms with Gasteiger partial charge in [0.2, 0.25) is 0 Å². The van der Waals surface area contributed by atoms with Crippen LogP contribution in [0.1, 0.15) is 17.3 Å². The number of Topliss-reactive ketones (excluding diaryl/α,β-unsaturated/α-hetero) is 1. The highest BCUT2D eigenvalue weighted by Crippen LogP contribution is 2.34. The van der Waals surface area contributed by atoms with Crippen molar-refractivity contribution in [3.05, 3.63) is 17.7 Å². The number of thioether (sulfide) groups is 1. The third-order valence-electron chi connectivity index (χ3n) is 2.44. The topological polar surface area (TPSA) is 61.8 Å². The van der Waals surface area contributed by atoms with Crippen molar-refractivity contribution in [1.82, 2.24) is 0 Å². The number of ketones is 1. The quantitative estimate of drug-likeness (QED) is 0.453. The van der Waals surface area contributed by atoms with E-state index in [2.05, 4.69) is 4.74 Å². The van der Waals surface area contributed by atoms with Crippen LogP contribution in [0, 0.1) is 0 Å². The summed E-state index contributed by atoms with van der Waals surface area (Å²) in [5.74, 6) is 0.255. The molecule has 0 radical (unpaired) electrons. The lowest BCUT2D eigenvalue weighted by atomic mass is 10.1. The SMILES string of the molecule is COC(=O)COc1cc(OC)c(SC)cc1C(C)=O. The third-order valence-corrected chi connectivity index (χ3v) is 3.20. The monoisotopic (exact) mass is 284 g/mol. The average Bonchev–Trinajstić information content (AvgIpc) is 2.43. The first-order chi connectivity index (χ1) is 9.03. The van der Waals surface area contributed by atoms with Crippen LogP contribution in [0.4, 0.5) is 0 Å². The maximum Gasteiger partial charge on any atom is 0.343 e. The number of methoxy groups -OCH3 is 2. The lowest BCUT2D eigenvalue weighted by Gasteiger charge is -2.13. The molecule has 0 atom stereocenters. The van der Waals surface area contributed by atoms with Crippen LogP contribution in [0.3, 0.4) is 0 Å². The van der Waals surface area contributed by atoms with Crippen LogP contribution in [-0.2, 0) is 9.53 Å². The minimum Gasteiger partial charge on any atom is -0.495 e. The summed E-state index contributed by atoms with van der Waals surface area (Å²) in [6, 6.07) is 3.30. The lowest BCUT2D eigenvalue weighted by Crippen LogP contribution is -2.14. The largest absolute Gasteiger partial charge is 0.495 e. The Morgan fingerprint density at radius 1 is 1.21 bits per heavy atom. The van der Waals surface area contributed by atoms with Crippen LogP contribution >= 0.6 is 11.8 Å². The lowest BCUT2D eigenvalue weighted by molar-refractivity contribution is -0.142. The van der Waals surface area contributed by atoms with E-state index >= 15 is 0 Å². The van der Waals surface area contributed by atoms with Gasteiger partial charge in [-0.15, -0.1) is 11.8 Å². The number of carbonyl (C=O) groups excluding carboxylic acids is 2. The Kier molecular flexibility index (Phi) is 5.69. The fraction of sp³-hybridized carbons (Fsp3) is 0.385. The molecule has 0 aromatic heterocycles. The second kappa shape index (κ2) is 7.04. The normalized spacial score (nSPS) is 9.89. The van der Waals surface area contributed by atoms with Gasteiger partial charge in [0.05, 0.1) is 24.7 Å². The molecule has 0 aliphatic carbocycles. The molecule has 0 bridgehead atoms. The maximum absolute atomic E-state index is 11.6. The molecule has 0 aliphatic rings. The number of benzene rings is 1. The van der Waals surface area contributed by atoms with Crippen molar-refractivity contribution >= 4 is 23.5 Å². The van der Waals surface area contributed by atoms with Gasteiger partial charge in [-0.1, -0.05) is 0 Å². The van der Waals surface area contributed by atoms with Gasteiger partial charge in [0.1, 0.15) is 11.5 Å². The van der Waals surface area contributed by atoms with Crippen LogP contribution in [0.5, 0.6) is 11.5 Å². The van der Waals surface area contributed by atoms with Crippen LogP contribution < -0.4 is 9.47 Å². The molecule has 0 spiro atoms. The number of rotatable bonds is 6.